The van der Waals surface area contributed by atoms with Gasteiger partial charge in [0.2, 0.25) is 10.0 Å². The molecule has 66 valence electrons. The first kappa shape index (κ1) is 8.50. The zero-order chi connectivity index (χ0) is 8.77. The van der Waals surface area contributed by atoms with Crippen molar-refractivity contribution in [2.75, 3.05) is 6.54 Å². The van der Waals surface area contributed by atoms with E-state index in [0.717, 1.165) is 23.3 Å². The lowest BCUT2D eigenvalue weighted by atomic mass is 10.2. The molecule has 3 nitrogen and oxygen atoms in total. The SMILES string of the molecule is O=S1(=O)NCCc2cc(Cl)sc21. The summed E-state index contributed by atoms with van der Waals surface area (Å²) in [6.07, 6.45) is 0.734. The molecular weight excluding hydrogens is 218 g/mol. The van der Waals surface area contributed by atoms with E-state index >= 15 is 0 Å². The second-order valence-electron chi connectivity index (χ2n) is 2.51. The molecule has 1 aromatic rings. The van der Waals surface area contributed by atoms with Gasteiger partial charge in [-0.05, 0) is 18.1 Å². The number of nitrogens with one attached hydrogen (secondary N) is 1. The summed E-state index contributed by atoms with van der Waals surface area (Å²) in [6, 6.07) is 1.72. The van der Waals surface area contributed by atoms with Crippen molar-refractivity contribution in [3.05, 3.63) is 16.0 Å². The van der Waals surface area contributed by atoms with E-state index in [4.69, 9.17) is 11.6 Å². The van der Waals surface area contributed by atoms with E-state index < -0.39 is 10.0 Å². The molecule has 6 heteroatoms. The van der Waals surface area contributed by atoms with Gasteiger partial charge in [0.25, 0.3) is 0 Å². The summed E-state index contributed by atoms with van der Waals surface area (Å²) in [5.41, 5.74) is 0.837. The molecule has 0 bridgehead atoms. The summed E-state index contributed by atoms with van der Waals surface area (Å²) in [5, 5.41) is 0. The number of rotatable bonds is 0. The van der Waals surface area contributed by atoms with Crippen LogP contribution in [0.3, 0.4) is 0 Å². The normalized spacial score (nSPS) is 20.4. The van der Waals surface area contributed by atoms with Crippen LogP contribution in [0.25, 0.3) is 0 Å². The Morgan fingerprint density at radius 1 is 1.58 bits per heavy atom. The number of hydrogen-bond acceptors (Lipinski definition) is 3. The zero-order valence-electron chi connectivity index (χ0n) is 6.00. The van der Waals surface area contributed by atoms with E-state index in [0.29, 0.717) is 15.1 Å². The predicted octanol–water partition coefficient (Wildman–Crippen LogP) is 1.24. The van der Waals surface area contributed by atoms with Gasteiger partial charge in [-0.25, -0.2) is 13.1 Å². The number of hydrogen-bond donors (Lipinski definition) is 1. The summed E-state index contributed by atoms with van der Waals surface area (Å²) in [5.74, 6) is 0. The Morgan fingerprint density at radius 2 is 2.33 bits per heavy atom. The molecule has 0 aliphatic carbocycles. The van der Waals surface area contributed by atoms with Crippen LogP contribution in [0.15, 0.2) is 10.3 Å². The van der Waals surface area contributed by atoms with E-state index in [2.05, 4.69) is 4.72 Å². The van der Waals surface area contributed by atoms with Crippen LogP contribution in [0.4, 0.5) is 0 Å². The van der Waals surface area contributed by atoms with E-state index in [1.807, 2.05) is 0 Å². The van der Waals surface area contributed by atoms with Crippen molar-refractivity contribution in [3.8, 4) is 0 Å². The summed E-state index contributed by atoms with van der Waals surface area (Å²) in [7, 11) is -3.24. The minimum absolute atomic E-state index is 0.374. The Labute approximate surface area is 79.4 Å². The first-order valence-corrected chi connectivity index (χ1v) is 6.05. The molecule has 1 aliphatic heterocycles. The van der Waals surface area contributed by atoms with Crippen LogP contribution < -0.4 is 4.72 Å². The van der Waals surface area contributed by atoms with Crippen LogP contribution in [-0.4, -0.2) is 15.0 Å². The molecule has 1 aliphatic rings. The Bertz CT molecular complexity index is 409. The molecule has 0 fully saturated rings. The van der Waals surface area contributed by atoms with Gasteiger partial charge in [0.05, 0.1) is 4.34 Å². The third-order valence-electron chi connectivity index (χ3n) is 1.67. The first-order valence-electron chi connectivity index (χ1n) is 3.37. The average molecular weight is 224 g/mol. The number of halogens is 1. The highest BCUT2D eigenvalue weighted by Crippen LogP contribution is 2.32. The van der Waals surface area contributed by atoms with Crippen molar-refractivity contribution in [3.63, 3.8) is 0 Å². The van der Waals surface area contributed by atoms with Crippen molar-refractivity contribution >= 4 is 33.0 Å². The quantitative estimate of drug-likeness (QED) is 0.719. The first-order chi connectivity index (χ1) is 5.59. The van der Waals surface area contributed by atoms with E-state index in [1.54, 1.807) is 6.07 Å². The van der Waals surface area contributed by atoms with Crippen LogP contribution in [0, 0.1) is 0 Å². The van der Waals surface area contributed by atoms with Crippen molar-refractivity contribution in [1.82, 2.24) is 4.72 Å². The Balaban J connectivity index is 2.67. The maximum absolute atomic E-state index is 11.3. The third-order valence-corrected chi connectivity index (χ3v) is 5.01. The molecule has 0 saturated carbocycles. The van der Waals surface area contributed by atoms with Gasteiger partial charge in [-0.2, -0.15) is 0 Å². The molecule has 0 atom stereocenters. The van der Waals surface area contributed by atoms with Gasteiger partial charge in [-0.1, -0.05) is 11.6 Å². The maximum Gasteiger partial charge on any atom is 0.250 e. The third kappa shape index (κ3) is 1.26. The lowest BCUT2D eigenvalue weighted by molar-refractivity contribution is 0.577. The van der Waals surface area contributed by atoms with Crippen LogP contribution in [0.2, 0.25) is 4.34 Å². The summed E-state index contributed by atoms with van der Waals surface area (Å²) in [4.78, 5) is 0. The minimum Gasteiger partial charge on any atom is -0.210 e. The maximum atomic E-state index is 11.3. The molecule has 0 radical (unpaired) electrons. The molecule has 0 spiro atoms. The molecule has 1 aromatic heterocycles. The fraction of sp³-hybridized carbons (Fsp3) is 0.333. The van der Waals surface area contributed by atoms with Crippen molar-refractivity contribution in [2.24, 2.45) is 0 Å². The lowest BCUT2D eigenvalue weighted by Crippen LogP contribution is -2.30. The fourth-order valence-corrected chi connectivity index (χ4v) is 4.23. The van der Waals surface area contributed by atoms with Crippen LogP contribution in [0.1, 0.15) is 5.56 Å². The highest BCUT2D eigenvalue weighted by atomic mass is 35.5. The van der Waals surface area contributed by atoms with E-state index in [9.17, 15) is 8.42 Å². The highest BCUT2D eigenvalue weighted by Gasteiger charge is 2.25. The molecule has 0 unspecified atom stereocenters. The number of thiophene rings is 1. The fourth-order valence-electron chi connectivity index (χ4n) is 1.17. The Kier molecular flexibility index (Phi) is 1.91. The molecule has 0 amide bonds. The number of sulfonamides is 1. The van der Waals surface area contributed by atoms with Crippen LogP contribution in [0.5, 0.6) is 0 Å². The summed E-state index contributed by atoms with van der Waals surface area (Å²) < 4.78 is 26.0. The average Bonchev–Trinajstić information content (AvgIpc) is 2.30. The molecule has 0 aromatic carbocycles. The van der Waals surface area contributed by atoms with Gasteiger partial charge in [0.15, 0.2) is 0 Å². The monoisotopic (exact) mass is 223 g/mol. The summed E-state index contributed by atoms with van der Waals surface area (Å²) >= 11 is 6.82. The smallest absolute Gasteiger partial charge is 0.210 e. The van der Waals surface area contributed by atoms with Gasteiger partial charge in [0, 0.05) is 6.54 Å². The van der Waals surface area contributed by atoms with Crippen LogP contribution in [-0.2, 0) is 16.4 Å². The van der Waals surface area contributed by atoms with Gasteiger partial charge in [-0.15, -0.1) is 11.3 Å². The molecular formula is C6H6ClNO2S2. The van der Waals surface area contributed by atoms with Gasteiger partial charge < -0.3 is 0 Å². The minimum atomic E-state index is -3.24. The van der Waals surface area contributed by atoms with Crippen molar-refractivity contribution in [2.45, 2.75) is 10.6 Å². The molecule has 2 heterocycles. The van der Waals surface area contributed by atoms with Gasteiger partial charge in [-0.3, -0.25) is 0 Å². The Morgan fingerprint density at radius 3 is 3.00 bits per heavy atom. The molecule has 12 heavy (non-hydrogen) atoms. The Hall–Kier alpha value is -0.100. The summed E-state index contributed by atoms with van der Waals surface area (Å²) in [6.45, 7) is 0.475. The highest BCUT2D eigenvalue weighted by molar-refractivity contribution is 7.91. The molecule has 1 N–H and O–H groups in total. The lowest BCUT2D eigenvalue weighted by Gasteiger charge is -2.11. The molecule has 0 saturated heterocycles. The largest absolute Gasteiger partial charge is 0.250 e. The number of fused-ring (bicyclic) bond motifs is 1. The van der Waals surface area contributed by atoms with E-state index in [-0.39, 0.29) is 0 Å². The van der Waals surface area contributed by atoms with Gasteiger partial charge >= 0.3 is 0 Å². The van der Waals surface area contributed by atoms with Crippen LogP contribution >= 0.6 is 22.9 Å². The standard InChI is InChI=1S/C6H6ClNO2S2/c7-5-3-4-1-2-8-12(9,10)6(4)11-5/h3,8H,1-2H2. The van der Waals surface area contributed by atoms with Gasteiger partial charge in [0.1, 0.15) is 4.21 Å². The zero-order valence-corrected chi connectivity index (χ0v) is 8.39. The second kappa shape index (κ2) is 2.70. The topological polar surface area (TPSA) is 46.2 Å². The molecule has 2 rings (SSSR count). The second-order valence-corrected chi connectivity index (χ2v) is 6.16. The van der Waals surface area contributed by atoms with E-state index in [1.165, 1.54) is 0 Å². The van der Waals surface area contributed by atoms with Crippen molar-refractivity contribution in [1.29, 1.82) is 0 Å². The van der Waals surface area contributed by atoms with Crippen molar-refractivity contribution < 1.29 is 8.42 Å². The predicted molar refractivity (Wildman–Crippen MR) is 48.2 cm³/mol.